The second-order valence-electron chi connectivity index (χ2n) is 6.13. The highest BCUT2D eigenvalue weighted by molar-refractivity contribution is 7.92. The van der Waals surface area contributed by atoms with Crippen LogP contribution >= 0.6 is 0 Å². The third-order valence-corrected chi connectivity index (χ3v) is 4.44. The molecule has 0 amide bonds. The van der Waals surface area contributed by atoms with Crippen molar-refractivity contribution < 1.29 is 32.2 Å². The van der Waals surface area contributed by atoms with Gasteiger partial charge in [-0.15, -0.1) is 0 Å². The van der Waals surface area contributed by atoms with E-state index in [0.717, 1.165) is 12.7 Å². The van der Waals surface area contributed by atoms with Crippen molar-refractivity contribution in [1.29, 1.82) is 0 Å². The lowest BCUT2D eigenvalue weighted by Gasteiger charge is -2.11. The molecule has 0 spiro atoms. The van der Waals surface area contributed by atoms with Gasteiger partial charge >= 0.3 is 5.97 Å². The normalized spacial score (nSPS) is 13.3. The van der Waals surface area contributed by atoms with Gasteiger partial charge < -0.3 is 14.2 Å². The molecule has 1 aliphatic rings. The van der Waals surface area contributed by atoms with Gasteiger partial charge in [0.1, 0.15) is 0 Å². The topological polar surface area (TPSA) is 108 Å². The number of carbonyl (C=O) groups excluding carboxylic acids is 2. The van der Waals surface area contributed by atoms with Crippen LogP contribution in [0.1, 0.15) is 27.1 Å². The van der Waals surface area contributed by atoms with Gasteiger partial charge in [-0.25, -0.2) is 13.2 Å². The summed E-state index contributed by atoms with van der Waals surface area (Å²) in [5.41, 5.74) is 0.414. The van der Waals surface area contributed by atoms with Gasteiger partial charge in [-0.1, -0.05) is 12.1 Å². The maximum Gasteiger partial charge on any atom is 0.340 e. The number of Topliss-reactive ketones (excluding diaryl/α,β-unsaturated/α-hetero) is 1. The van der Waals surface area contributed by atoms with Gasteiger partial charge in [-0.3, -0.25) is 9.52 Å². The summed E-state index contributed by atoms with van der Waals surface area (Å²) in [5.74, 6) is -0.198. The van der Waals surface area contributed by atoms with Crippen LogP contribution in [0.25, 0.3) is 0 Å². The lowest BCUT2D eigenvalue weighted by Crippen LogP contribution is -2.17. The first-order chi connectivity index (χ1) is 13.3. The summed E-state index contributed by atoms with van der Waals surface area (Å²) in [6.45, 7) is 0.536. The number of carbonyl (C=O) groups is 2. The summed E-state index contributed by atoms with van der Waals surface area (Å²) < 4.78 is 41.2. The van der Waals surface area contributed by atoms with E-state index in [1.54, 1.807) is 30.3 Å². The van der Waals surface area contributed by atoms with E-state index >= 15 is 0 Å². The van der Waals surface area contributed by atoms with E-state index < -0.39 is 28.4 Å². The van der Waals surface area contributed by atoms with Crippen LogP contribution in [-0.2, 0) is 14.8 Å². The minimum Gasteiger partial charge on any atom is -0.490 e. The molecule has 2 aromatic rings. The average molecular weight is 405 g/mol. The number of benzene rings is 2. The predicted molar refractivity (Wildman–Crippen MR) is 102 cm³/mol. The van der Waals surface area contributed by atoms with Crippen molar-refractivity contribution >= 4 is 27.5 Å². The lowest BCUT2D eigenvalue weighted by atomic mass is 10.1. The maximum atomic E-state index is 12.4. The third-order valence-electron chi connectivity index (χ3n) is 3.85. The van der Waals surface area contributed by atoms with Gasteiger partial charge in [0.05, 0.1) is 30.7 Å². The standard InChI is InChI=1S/C19H19NO7S/c1-28(23,24)20-15-6-3-2-5-14(15)19(22)27-12-16(21)13-7-8-17-18(11-13)26-10-4-9-25-17/h2-3,5-8,11,20H,4,9-10,12H2,1H3. The van der Waals surface area contributed by atoms with E-state index in [-0.39, 0.29) is 11.3 Å². The van der Waals surface area contributed by atoms with Gasteiger partial charge in [-0.2, -0.15) is 0 Å². The quantitative estimate of drug-likeness (QED) is 0.580. The molecule has 0 atom stereocenters. The third kappa shape index (κ3) is 5.01. The highest BCUT2D eigenvalue weighted by atomic mass is 32.2. The predicted octanol–water partition coefficient (Wildman–Crippen LogP) is 2.26. The summed E-state index contributed by atoms with van der Waals surface area (Å²) in [6, 6.07) is 10.7. The number of rotatable bonds is 6. The van der Waals surface area contributed by atoms with Crippen LogP contribution in [0.2, 0.25) is 0 Å². The number of hydrogen-bond donors (Lipinski definition) is 1. The molecule has 1 heterocycles. The zero-order chi connectivity index (χ0) is 20.1. The van der Waals surface area contributed by atoms with Crippen LogP contribution in [0.15, 0.2) is 42.5 Å². The zero-order valence-corrected chi connectivity index (χ0v) is 16.0. The molecular formula is C19H19NO7S. The number of anilines is 1. The molecule has 148 valence electrons. The molecule has 8 nitrogen and oxygen atoms in total. The van der Waals surface area contributed by atoms with Crippen LogP contribution in [0.5, 0.6) is 11.5 Å². The van der Waals surface area contributed by atoms with E-state index in [1.807, 2.05) is 0 Å². The first-order valence-corrected chi connectivity index (χ1v) is 10.4. The van der Waals surface area contributed by atoms with Gasteiger partial charge in [0.25, 0.3) is 0 Å². The molecule has 1 aliphatic heterocycles. The molecule has 0 saturated carbocycles. The number of hydrogen-bond acceptors (Lipinski definition) is 7. The Hall–Kier alpha value is -3.07. The molecule has 0 aliphatic carbocycles. The van der Waals surface area contributed by atoms with Crippen LogP contribution in [0.3, 0.4) is 0 Å². The zero-order valence-electron chi connectivity index (χ0n) is 15.1. The summed E-state index contributed by atoms with van der Waals surface area (Å²) in [4.78, 5) is 24.7. The summed E-state index contributed by atoms with van der Waals surface area (Å²) >= 11 is 0. The number of ether oxygens (including phenoxy) is 3. The molecule has 0 saturated heterocycles. The smallest absolute Gasteiger partial charge is 0.340 e. The Morgan fingerprint density at radius 2 is 1.79 bits per heavy atom. The number of nitrogens with one attached hydrogen (secondary N) is 1. The number of sulfonamides is 1. The van der Waals surface area contributed by atoms with Gasteiger partial charge in [0.2, 0.25) is 10.0 Å². The van der Waals surface area contributed by atoms with Crippen molar-refractivity contribution in [1.82, 2.24) is 0 Å². The van der Waals surface area contributed by atoms with Crippen molar-refractivity contribution in [2.45, 2.75) is 6.42 Å². The molecule has 9 heteroatoms. The minimum absolute atomic E-state index is 0.0133. The van der Waals surface area contributed by atoms with Crippen LogP contribution in [-0.4, -0.2) is 46.2 Å². The van der Waals surface area contributed by atoms with Crippen molar-refractivity contribution in [3.8, 4) is 11.5 Å². The maximum absolute atomic E-state index is 12.4. The Morgan fingerprint density at radius 1 is 1.07 bits per heavy atom. The number of para-hydroxylation sites is 1. The van der Waals surface area contributed by atoms with Gasteiger partial charge in [0.15, 0.2) is 23.9 Å². The molecule has 0 unspecified atom stereocenters. The van der Waals surface area contributed by atoms with Crippen molar-refractivity contribution in [3.63, 3.8) is 0 Å². The van der Waals surface area contributed by atoms with Crippen LogP contribution in [0.4, 0.5) is 5.69 Å². The summed E-state index contributed by atoms with van der Waals surface area (Å²) in [5, 5.41) is 0. The average Bonchev–Trinajstić information content (AvgIpc) is 2.89. The van der Waals surface area contributed by atoms with E-state index in [9.17, 15) is 18.0 Å². The highest BCUT2D eigenvalue weighted by Gasteiger charge is 2.18. The highest BCUT2D eigenvalue weighted by Crippen LogP contribution is 2.30. The van der Waals surface area contributed by atoms with Crippen molar-refractivity contribution in [2.24, 2.45) is 0 Å². The molecule has 2 aromatic carbocycles. The number of fused-ring (bicyclic) bond motifs is 1. The fraction of sp³-hybridized carbons (Fsp3) is 0.263. The van der Waals surface area contributed by atoms with Crippen molar-refractivity contribution in [2.75, 3.05) is 30.8 Å². The molecular weight excluding hydrogens is 386 g/mol. The van der Waals surface area contributed by atoms with Crippen molar-refractivity contribution in [3.05, 3.63) is 53.6 Å². The number of esters is 1. The minimum atomic E-state index is -3.57. The van der Waals surface area contributed by atoms with E-state index in [1.165, 1.54) is 12.1 Å². The Bertz CT molecular complexity index is 1000. The monoisotopic (exact) mass is 405 g/mol. The second-order valence-corrected chi connectivity index (χ2v) is 7.88. The van der Waals surface area contributed by atoms with E-state index in [2.05, 4.69) is 4.72 Å². The Kier molecular flexibility index (Phi) is 5.84. The van der Waals surface area contributed by atoms with E-state index in [0.29, 0.717) is 30.3 Å². The molecule has 1 N–H and O–H groups in total. The molecule has 0 radical (unpaired) electrons. The Balaban J connectivity index is 1.68. The molecule has 0 bridgehead atoms. The number of ketones is 1. The first-order valence-electron chi connectivity index (χ1n) is 8.50. The van der Waals surface area contributed by atoms with Gasteiger partial charge in [0, 0.05) is 12.0 Å². The van der Waals surface area contributed by atoms with Gasteiger partial charge in [-0.05, 0) is 30.3 Å². The molecule has 0 fully saturated rings. The van der Waals surface area contributed by atoms with Crippen LogP contribution < -0.4 is 14.2 Å². The Labute approximate surface area is 162 Å². The molecule has 28 heavy (non-hydrogen) atoms. The summed E-state index contributed by atoms with van der Waals surface area (Å²) in [7, 11) is -3.57. The summed E-state index contributed by atoms with van der Waals surface area (Å²) in [6.07, 6.45) is 1.72. The molecule has 3 rings (SSSR count). The fourth-order valence-electron chi connectivity index (χ4n) is 2.58. The second kappa shape index (κ2) is 8.30. The first kappa shape index (κ1) is 19.7. The lowest BCUT2D eigenvalue weighted by molar-refractivity contribution is 0.0475. The fourth-order valence-corrected chi connectivity index (χ4v) is 3.16. The van der Waals surface area contributed by atoms with E-state index in [4.69, 9.17) is 14.2 Å². The van der Waals surface area contributed by atoms with Crippen LogP contribution in [0, 0.1) is 0 Å². The molecule has 0 aromatic heterocycles. The SMILES string of the molecule is CS(=O)(=O)Nc1ccccc1C(=O)OCC(=O)c1ccc2c(c1)OCCCO2. The largest absolute Gasteiger partial charge is 0.490 e. The Morgan fingerprint density at radius 3 is 2.54 bits per heavy atom.